The highest BCUT2D eigenvalue weighted by molar-refractivity contribution is 5.96. The molecule has 0 heterocycles. The normalized spacial score (nSPS) is 9.96. The summed E-state index contributed by atoms with van der Waals surface area (Å²) in [7, 11) is 0. The van der Waals surface area contributed by atoms with Crippen molar-refractivity contribution >= 4 is 17.7 Å². The largest absolute Gasteiger partial charge is 0.507 e. The third-order valence-electron chi connectivity index (χ3n) is 2.96. The van der Waals surface area contributed by atoms with Crippen molar-refractivity contribution in [1.29, 1.82) is 0 Å². The Hall–Kier alpha value is -3.02. The van der Waals surface area contributed by atoms with Crippen molar-refractivity contribution in [1.82, 2.24) is 5.32 Å². The van der Waals surface area contributed by atoms with Gasteiger partial charge in [0.2, 0.25) is 0 Å². The van der Waals surface area contributed by atoms with E-state index in [2.05, 4.69) is 10.6 Å². The molecule has 2 aromatic carbocycles. The number of esters is 1. The third-order valence-corrected chi connectivity index (χ3v) is 2.96. The highest BCUT2D eigenvalue weighted by atomic mass is 16.5. The van der Waals surface area contributed by atoms with Gasteiger partial charge in [-0.15, -0.1) is 0 Å². The number of urea groups is 1. The Kier molecular flexibility index (Phi) is 5.57. The van der Waals surface area contributed by atoms with Crippen LogP contribution in [0.5, 0.6) is 11.5 Å². The molecule has 0 radical (unpaired) electrons. The van der Waals surface area contributed by atoms with Gasteiger partial charge in [-0.3, -0.25) is 0 Å². The zero-order chi connectivity index (χ0) is 16.7. The van der Waals surface area contributed by atoms with Crippen LogP contribution in [-0.2, 0) is 0 Å². The second-order valence-corrected chi connectivity index (χ2v) is 4.82. The van der Waals surface area contributed by atoms with Gasteiger partial charge in [-0.1, -0.05) is 25.1 Å². The van der Waals surface area contributed by atoms with Crippen molar-refractivity contribution in [2.45, 2.75) is 13.3 Å². The number of phenols is 1. The Balaban J connectivity index is 2.04. The molecule has 6 heteroatoms. The molecule has 23 heavy (non-hydrogen) atoms. The van der Waals surface area contributed by atoms with E-state index in [1.165, 1.54) is 18.2 Å². The smallest absolute Gasteiger partial charge is 0.347 e. The van der Waals surface area contributed by atoms with Crippen LogP contribution in [0.2, 0.25) is 0 Å². The van der Waals surface area contributed by atoms with Crippen LogP contribution in [0.25, 0.3) is 0 Å². The van der Waals surface area contributed by atoms with Gasteiger partial charge in [-0.2, -0.15) is 0 Å². The van der Waals surface area contributed by atoms with Crippen LogP contribution in [0.15, 0.2) is 48.5 Å². The molecule has 3 N–H and O–H groups in total. The molecule has 120 valence electrons. The molecule has 0 aliphatic carbocycles. The molecule has 0 aliphatic heterocycles. The van der Waals surface area contributed by atoms with Crippen LogP contribution in [0.4, 0.5) is 10.5 Å². The Morgan fingerprint density at radius 1 is 1.13 bits per heavy atom. The van der Waals surface area contributed by atoms with Crippen LogP contribution >= 0.6 is 0 Å². The third kappa shape index (κ3) is 4.74. The topological polar surface area (TPSA) is 87.7 Å². The molecule has 0 aromatic heterocycles. The lowest BCUT2D eigenvalue weighted by atomic mass is 10.2. The average molecular weight is 314 g/mol. The van der Waals surface area contributed by atoms with Gasteiger partial charge in [-0.25, -0.2) is 9.59 Å². The minimum absolute atomic E-state index is 0.0216. The van der Waals surface area contributed by atoms with Gasteiger partial charge in [0.05, 0.1) is 0 Å². The Morgan fingerprint density at radius 2 is 1.87 bits per heavy atom. The maximum absolute atomic E-state index is 12.0. The molecule has 0 saturated heterocycles. The summed E-state index contributed by atoms with van der Waals surface area (Å²) in [5.41, 5.74) is 0.403. The van der Waals surface area contributed by atoms with Gasteiger partial charge in [-0.05, 0) is 30.7 Å². The van der Waals surface area contributed by atoms with E-state index < -0.39 is 5.97 Å². The number of aromatic hydroxyl groups is 1. The molecule has 2 amide bonds. The van der Waals surface area contributed by atoms with Crippen LogP contribution in [0.3, 0.4) is 0 Å². The van der Waals surface area contributed by atoms with Crippen molar-refractivity contribution in [3.8, 4) is 11.5 Å². The minimum atomic E-state index is -0.671. The lowest BCUT2D eigenvalue weighted by Crippen LogP contribution is -2.29. The first-order chi connectivity index (χ1) is 11.1. The van der Waals surface area contributed by atoms with Gasteiger partial charge in [0.15, 0.2) is 0 Å². The Morgan fingerprint density at radius 3 is 2.52 bits per heavy atom. The van der Waals surface area contributed by atoms with E-state index in [1.54, 1.807) is 30.3 Å². The number of hydrogen-bond donors (Lipinski definition) is 3. The Bertz CT molecular complexity index is 686. The fourth-order valence-electron chi connectivity index (χ4n) is 1.85. The van der Waals surface area contributed by atoms with E-state index in [0.717, 1.165) is 6.42 Å². The van der Waals surface area contributed by atoms with E-state index in [1.807, 2.05) is 6.92 Å². The predicted octanol–water partition coefficient (Wildman–Crippen LogP) is 3.14. The number of para-hydroxylation sites is 1. The predicted molar refractivity (Wildman–Crippen MR) is 86.8 cm³/mol. The number of nitrogens with one attached hydrogen (secondary N) is 2. The van der Waals surface area contributed by atoms with E-state index in [4.69, 9.17) is 4.74 Å². The molecular formula is C17H18N2O4. The van der Waals surface area contributed by atoms with Crippen molar-refractivity contribution in [2.24, 2.45) is 0 Å². The molecule has 2 rings (SSSR count). The summed E-state index contributed by atoms with van der Waals surface area (Å²) < 4.78 is 5.16. The summed E-state index contributed by atoms with van der Waals surface area (Å²) in [5.74, 6) is -0.548. The first kappa shape index (κ1) is 16.4. The molecule has 0 atom stereocenters. The maximum Gasteiger partial charge on any atom is 0.347 e. The number of carbonyl (C=O) groups excluding carboxylic acids is 2. The number of anilines is 1. The second kappa shape index (κ2) is 7.84. The standard InChI is InChI=1S/C17H18N2O4/c1-2-10-18-17(22)19-12-8-9-14(15(20)11-12)16(21)23-13-6-4-3-5-7-13/h3-9,11,20H,2,10H2,1H3,(H2,18,19,22). The van der Waals surface area contributed by atoms with Gasteiger partial charge >= 0.3 is 12.0 Å². The summed E-state index contributed by atoms with van der Waals surface area (Å²) in [6.07, 6.45) is 0.822. The molecular weight excluding hydrogens is 296 g/mol. The summed E-state index contributed by atoms with van der Waals surface area (Å²) in [4.78, 5) is 23.6. The SMILES string of the molecule is CCCNC(=O)Nc1ccc(C(=O)Oc2ccccc2)c(O)c1. The van der Waals surface area contributed by atoms with Crippen molar-refractivity contribution in [2.75, 3.05) is 11.9 Å². The monoisotopic (exact) mass is 314 g/mol. The summed E-state index contributed by atoms with van der Waals surface area (Å²) in [6, 6.07) is 12.4. The van der Waals surface area contributed by atoms with Crippen LogP contribution in [0, 0.1) is 0 Å². The van der Waals surface area contributed by atoms with E-state index in [9.17, 15) is 14.7 Å². The number of carbonyl (C=O) groups is 2. The van der Waals surface area contributed by atoms with Crippen LogP contribution < -0.4 is 15.4 Å². The molecule has 0 spiro atoms. The lowest BCUT2D eigenvalue weighted by Gasteiger charge is -2.09. The first-order valence-corrected chi connectivity index (χ1v) is 7.25. The number of ether oxygens (including phenoxy) is 1. The highest BCUT2D eigenvalue weighted by Gasteiger charge is 2.14. The fraction of sp³-hybridized carbons (Fsp3) is 0.176. The molecule has 6 nitrogen and oxygen atoms in total. The van der Waals surface area contributed by atoms with Crippen molar-refractivity contribution in [3.05, 3.63) is 54.1 Å². The number of phenolic OH excluding ortho intramolecular Hbond substituents is 1. The van der Waals surface area contributed by atoms with Crippen LogP contribution in [-0.4, -0.2) is 23.7 Å². The van der Waals surface area contributed by atoms with Gasteiger partial charge in [0.25, 0.3) is 0 Å². The minimum Gasteiger partial charge on any atom is -0.507 e. The molecule has 0 bridgehead atoms. The molecule has 0 fully saturated rings. The number of benzene rings is 2. The maximum atomic E-state index is 12.0. The van der Waals surface area contributed by atoms with E-state index in [0.29, 0.717) is 18.0 Å². The van der Waals surface area contributed by atoms with Gasteiger partial charge in [0, 0.05) is 18.3 Å². The van der Waals surface area contributed by atoms with Crippen molar-refractivity contribution < 1.29 is 19.4 Å². The zero-order valence-electron chi connectivity index (χ0n) is 12.7. The van der Waals surface area contributed by atoms with E-state index >= 15 is 0 Å². The number of rotatable bonds is 5. The highest BCUT2D eigenvalue weighted by Crippen LogP contribution is 2.23. The summed E-state index contributed by atoms with van der Waals surface area (Å²) >= 11 is 0. The second-order valence-electron chi connectivity index (χ2n) is 4.82. The molecule has 2 aromatic rings. The first-order valence-electron chi connectivity index (χ1n) is 7.25. The molecule has 0 unspecified atom stereocenters. The zero-order valence-corrected chi connectivity index (χ0v) is 12.7. The Labute approximate surface area is 134 Å². The molecule has 0 aliphatic rings. The summed E-state index contributed by atoms with van der Waals surface area (Å²) in [5, 5.41) is 15.2. The number of amides is 2. The van der Waals surface area contributed by atoms with Crippen molar-refractivity contribution in [3.63, 3.8) is 0 Å². The summed E-state index contributed by atoms with van der Waals surface area (Å²) in [6.45, 7) is 2.50. The quantitative estimate of drug-likeness (QED) is 0.584. The van der Waals surface area contributed by atoms with Crippen LogP contribution in [0.1, 0.15) is 23.7 Å². The fourth-order valence-corrected chi connectivity index (χ4v) is 1.85. The number of hydrogen-bond acceptors (Lipinski definition) is 4. The molecule has 0 saturated carbocycles. The average Bonchev–Trinajstić information content (AvgIpc) is 2.54. The van der Waals surface area contributed by atoms with E-state index in [-0.39, 0.29) is 17.3 Å². The lowest BCUT2D eigenvalue weighted by molar-refractivity contribution is 0.0731. The van der Waals surface area contributed by atoms with Gasteiger partial charge < -0.3 is 20.5 Å². The van der Waals surface area contributed by atoms with Gasteiger partial charge in [0.1, 0.15) is 17.1 Å².